The number of halogens is 2. The van der Waals surface area contributed by atoms with Crippen molar-refractivity contribution in [3.63, 3.8) is 0 Å². The van der Waals surface area contributed by atoms with Crippen molar-refractivity contribution in [3.8, 4) is 0 Å². The van der Waals surface area contributed by atoms with Gasteiger partial charge in [-0.15, -0.1) is 11.6 Å². The Morgan fingerprint density at radius 3 is 2.85 bits per heavy atom. The second kappa shape index (κ2) is 6.81. The maximum atomic E-state index is 13.7. The molecule has 0 radical (unpaired) electrons. The van der Waals surface area contributed by atoms with Crippen LogP contribution >= 0.6 is 23.4 Å². The number of rotatable bonds is 6. The SMILES string of the molecule is CSCCC(C)n1c(CCCl)nc2cc(F)c(C)cc21. The van der Waals surface area contributed by atoms with Crippen LogP contribution in [0.1, 0.15) is 30.8 Å². The topological polar surface area (TPSA) is 17.8 Å². The number of thioether (sulfide) groups is 1. The standard InChI is InChI=1S/C15H20ClFN2S/c1-10-8-14-13(9-12(10)17)18-15(4-6-16)19(14)11(2)5-7-20-3/h8-9,11H,4-7H2,1-3H3. The van der Waals surface area contributed by atoms with Crippen molar-refractivity contribution in [2.45, 2.75) is 32.7 Å². The third-order valence-corrected chi connectivity index (χ3v) is 4.37. The number of aryl methyl sites for hydroxylation is 2. The molecule has 0 spiro atoms. The van der Waals surface area contributed by atoms with E-state index in [0.29, 0.717) is 23.9 Å². The fourth-order valence-corrected chi connectivity index (χ4v) is 3.19. The molecule has 0 bridgehead atoms. The molecule has 0 aliphatic heterocycles. The summed E-state index contributed by atoms with van der Waals surface area (Å²) in [4.78, 5) is 4.57. The van der Waals surface area contributed by atoms with Crippen LogP contribution in [0.4, 0.5) is 4.39 Å². The molecule has 0 aliphatic carbocycles. The van der Waals surface area contributed by atoms with Crippen LogP contribution < -0.4 is 0 Å². The smallest absolute Gasteiger partial charge is 0.128 e. The molecule has 1 unspecified atom stereocenters. The van der Waals surface area contributed by atoms with Crippen LogP contribution in [-0.4, -0.2) is 27.4 Å². The van der Waals surface area contributed by atoms with Gasteiger partial charge in [0.25, 0.3) is 0 Å². The van der Waals surface area contributed by atoms with Gasteiger partial charge in [-0.1, -0.05) is 0 Å². The second-order valence-electron chi connectivity index (χ2n) is 5.06. The maximum Gasteiger partial charge on any atom is 0.128 e. The van der Waals surface area contributed by atoms with Crippen LogP contribution in [-0.2, 0) is 6.42 Å². The fourth-order valence-electron chi connectivity index (χ4n) is 2.44. The number of alkyl halides is 1. The Labute approximate surface area is 128 Å². The lowest BCUT2D eigenvalue weighted by Gasteiger charge is -2.17. The van der Waals surface area contributed by atoms with Crippen molar-refractivity contribution in [2.24, 2.45) is 0 Å². The van der Waals surface area contributed by atoms with Gasteiger partial charge in [-0.2, -0.15) is 11.8 Å². The molecule has 0 saturated heterocycles. The summed E-state index contributed by atoms with van der Waals surface area (Å²) in [7, 11) is 0. The molecule has 0 fully saturated rings. The lowest BCUT2D eigenvalue weighted by molar-refractivity contribution is 0.528. The van der Waals surface area contributed by atoms with Gasteiger partial charge in [-0.3, -0.25) is 0 Å². The summed E-state index contributed by atoms with van der Waals surface area (Å²) in [6.45, 7) is 3.98. The molecule has 20 heavy (non-hydrogen) atoms. The molecule has 0 amide bonds. The van der Waals surface area contributed by atoms with E-state index in [1.165, 1.54) is 6.07 Å². The molecule has 2 nitrogen and oxygen atoms in total. The number of hydrogen-bond donors (Lipinski definition) is 0. The van der Waals surface area contributed by atoms with Gasteiger partial charge in [0.2, 0.25) is 0 Å². The first-order chi connectivity index (χ1) is 9.58. The lowest BCUT2D eigenvalue weighted by Crippen LogP contribution is -2.11. The van der Waals surface area contributed by atoms with Gasteiger partial charge in [0.05, 0.1) is 11.0 Å². The molecule has 0 saturated carbocycles. The predicted molar refractivity (Wildman–Crippen MR) is 86.6 cm³/mol. The average Bonchev–Trinajstić information content (AvgIpc) is 2.74. The van der Waals surface area contributed by atoms with E-state index in [1.807, 2.05) is 17.8 Å². The van der Waals surface area contributed by atoms with E-state index in [-0.39, 0.29) is 5.82 Å². The number of benzene rings is 1. The van der Waals surface area contributed by atoms with Crippen molar-refractivity contribution in [2.75, 3.05) is 17.9 Å². The van der Waals surface area contributed by atoms with Crippen LogP contribution in [0.5, 0.6) is 0 Å². The third kappa shape index (κ3) is 3.12. The molecular formula is C15H20ClFN2S. The molecule has 1 heterocycles. The monoisotopic (exact) mass is 314 g/mol. The first-order valence-corrected chi connectivity index (χ1v) is 8.73. The molecule has 0 N–H and O–H groups in total. The molecule has 1 aromatic heterocycles. The fraction of sp³-hybridized carbons (Fsp3) is 0.533. The predicted octanol–water partition coefficient (Wildman–Crippen LogP) is 4.58. The molecule has 5 heteroatoms. The van der Waals surface area contributed by atoms with Crippen LogP contribution in [0.2, 0.25) is 0 Å². The van der Waals surface area contributed by atoms with Gasteiger partial charge < -0.3 is 4.57 Å². The van der Waals surface area contributed by atoms with Crippen molar-refractivity contribution in [3.05, 3.63) is 29.3 Å². The van der Waals surface area contributed by atoms with Crippen molar-refractivity contribution in [1.29, 1.82) is 0 Å². The highest BCUT2D eigenvalue weighted by atomic mass is 35.5. The summed E-state index contributed by atoms with van der Waals surface area (Å²) >= 11 is 7.71. The molecular weight excluding hydrogens is 295 g/mol. The number of aromatic nitrogens is 2. The summed E-state index contributed by atoms with van der Waals surface area (Å²) in [5.74, 6) is 2.38. The normalized spacial score (nSPS) is 13.1. The van der Waals surface area contributed by atoms with Gasteiger partial charge >= 0.3 is 0 Å². The van der Waals surface area contributed by atoms with Crippen molar-refractivity contribution in [1.82, 2.24) is 9.55 Å². The largest absolute Gasteiger partial charge is 0.325 e. The molecule has 1 aromatic carbocycles. The number of hydrogen-bond acceptors (Lipinski definition) is 2. The molecule has 110 valence electrons. The van der Waals surface area contributed by atoms with Gasteiger partial charge in [-0.25, -0.2) is 9.37 Å². The number of nitrogens with zero attached hydrogens (tertiary/aromatic N) is 2. The number of imidazole rings is 1. The van der Waals surface area contributed by atoms with Crippen LogP contribution in [0, 0.1) is 12.7 Å². The molecule has 2 rings (SSSR count). The zero-order chi connectivity index (χ0) is 14.7. The Morgan fingerprint density at radius 1 is 1.45 bits per heavy atom. The average molecular weight is 315 g/mol. The molecule has 2 aromatic rings. The first-order valence-electron chi connectivity index (χ1n) is 6.80. The van der Waals surface area contributed by atoms with E-state index in [9.17, 15) is 4.39 Å². The van der Waals surface area contributed by atoms with Crippen LogP contribution in [0.25, 0.3) is 11.0 Å². The van der Waals surface area contributed by atoms with Crippen LogP contribution in [0.3, 0.4) is 0 Å². The lowest BCUT2D eigenvalue weighted by atomic mass is 10.2. The Morgan fingerprint density at radius 2 is 2.20 bits per heavy atom. The zero-order valence-corrected chi connectivity index (χ0v) is 13.7. The summed E-state index contributed by atoms with van der Waals surface area (Å²) in [5, 5.41) is 0. The van der Waals surface area contributed by atoms with Crippen molar-refractivity contribution >= 4 is 34.4 Å². The van der Waals surface area contributed by atoms with E-state index in [0.717, 1.165) is 29.0 Å². The summed E-state index contributed by atoms with van der Waals surface area (Å²) in [5.41, 5.74) is 2.40. The molecule has 0 aliphatic rings. The van der Waals surface area contributed by atoms with Gasteiger partial charge in [0, 0.05) is 24.4 Å². The van der Waals surface area contributed by atoms with E-state index >= 15 is 0 Å². The Bertz CT molecular complexity index is 597. The van der Waals surface area contributed by atoms with E-state index < -0.39 is 0 Å². The summed E-state index contributed by atoms with van der Waals surface area (Å²) in [6.07, 6.45) is 3.89. The Hall–Kier alpha value is -0.740. The van der Waals surface area contributed by atoms with Gasteiger partial charge in [-0.05, 0) is 43.9 Å². The summed E-state index contributed by atoms with van der Waals surface area (Å²) in [6, 6.07) is 3.76. The summed E-state index contributed by atoms with van der Waals surface area (Å²) < 4.78 is 15.9. The van der Waals surface area contributed by atoms with Gasteiger partial charge in [0.15, 0.2) is 0 Å². The second-order valence-corrected chi connectivity index (χ2v) is 6.42. The van der Waals surface area contributed by atoms with E-state index in [4.69, 9.17) is 11.6 Å². The minimum absolute atomic E-state index is 0.198. The minimum Gasteiger partial charge on any atom is -0.325 e. The maximum absolute atomic E-state index is 13.7. The minimum atomic E-state index is -0.198. The van der Waals surface area contributed by atoms with E-state index in [2.05, 4.69) is 22.7 Å². The highest BCUT2D eigenvalue weighted by Gasteiger charge is 2.16. The first kappa shape index (κ1) is 15.6. The Kier molecular flexibility index (Phi) is 5.33. The van der Waals surface area contributed by atoms with Crippen molar-refractivity contribution < 1.29 is 4.39 Å². The highest BCUT2D eigenvalue weighted by Crippen LogP contribution is 2.26. The highest BCUT2D eigenvalue weighted by molar-refractivity contribution is 7.98. The van der Waals surface area contributed by atoms with Gasteiger partial charge in [0.1, 0.15) is 11.6 Å². The van der Waals surface area contributed by atoms with E-state index in [1.54, 1.807) is 6.92 Å². The number of fused-ring (bicyclic) bond motifs is 1. The third-order valence-electron chi connectivity index (χ3n) is 3.54. The Balaban J connectivity index is 2.52. The zero-order valence-electron chi connectivity index (χ0n) is 12.1. The van der Waals surface area contributed by atoms with Crippen LogP contribution in [0.15, 0.2) is 12.1 Å². The molecule has 1 atom stereocenters. The quantitative estimate of drug-likeness (QED) is 0.726.